The molecule has 24 heavy (non-hydrogen) atoms. The molecule has 0 saturated carbocycles. The predicted molar refractivity (Wildman–Crippen MR) is 91.1 cm³/mol. The Balaban J connectivity index is 1.87. The zero-order chi connectivity index (χ0) is 18.0. The molecule has 1 aliphatic rings. The largest absolute Gasteiger partial charge is 0.341 e. The Morgan fingerprint density at radius 2 is 2.04 bits per heavy atom. The minimum Gasteiger partial charge on any atom is -0.341 e. The van der Waals surface area contributed by atoms with Gasteiger partial charge in [-0.2, -0.15) is 0 Å². The number of sulfone groups is 1. The van der Waals surface area contributed by atoms with Crippen molar-refractivity contribution in [1.82, 2.24) is 9.62 Å². The lowest BCUT2D eigenvalue weighted by Crippen LogP contribution is -2.34. The van der Waals surface area contributed by atoms with E-state index in [-0.39, 0.29) is 30.3 Å². The molecule has 1 heterocycles. The zero-order valence-electron chi connectivity index (χ0n) is 13.1. The highest BCUT2D eigenvalue weighted by Gasteiger charge is 2.32. The highest BCUT2D eigenvalue weighted by atomic mass is 35.5. The van der Waals surface area contributed by atoms with Crippen molar-refractivity contribution in [3.05, 3.63) is 29.3 Å². The third kappa shape index (κ3) is 4.92. The quantitative estimate of drug-likeness (QED) is 0.763. The van der Waals surface area contributed by atoms with Crippen LogP contribution < -0.4 is 4.72 Å². The second-order valence-electron chi connectivity index (χ2n) is 5.69. The molecule has 2 rings (SSSR count). The number of nitrogens with one attached hydrogen (secondary N) is 1. The number of sulfonamides is 1. The van der Waals surface area contributed by atoms with Crippen molar-refractivity contribution in [3.8, 4) is 0 Å². The average Bonchev–Trinajstić information content (AvgIpc) is 2.97. The van der Waals surface area contributed by atoms with Crippen molar-refractivity contribution in [2.24, 2.45) is 0 Å². The first-order valence-electron chi connectivity index (χ1n) is 7.31. The van der Waals surface area contributed by atoms with Crippen LogP contribution in [0.15, 0.2) is 29.2 Å². The van der Waals surface area contributed by atoms with Crippen LogP contribution in [-0.2, 0) is 24.7 Å². The van der Waals surface area contributed by atoms with E-state index in [1.54, 1.807) is 6.07 Å². The van der Waals surface area contributed by atoms with Crippen LogP contribution in [0, 0.1) is 0 Å². The van der Waals surface area contributed by atoms with Gasteiger partial charge in [0.2, 0.25) is 15.9 Å². The minimum atomic E-state index is -3.74. The van der Waals surface area contributed by atoms with Crippen molar-refractivity contribution >= 4 is 37.4 Å². The van der Waals surface area contributed by atoms with Crippen LogP contribution in [-0.4, -0.2) is 58.8 Å². The average molecular weight is 395 g/mol. The van der Waals surface area contributed by atoms with E-state index in [2.05, 4.69) is 4.72 Å². The number of amides is 1. The summed E-state index contributed by atoms with van der Waals surface area (Å²) in [6, 6.07) is 5.82. The summed E-state index contributed by atoms with van der Waals surface area (Å²) in [5, 5.41) is -0.234. The van der Waals surface area contributed by atoms with Gasteiger partial charge in [-0.3, -0.25) is 4.79 Å². The smallest absolute Gasteiger partial charge is 0.240 e. The number of carbonyl (C=O) groups is 1. The van der Waals surface area contributed by atoms with E-state index >= 15 is 0 Å². The molecule has 1 aliphatic heterocycles. The summed E-state index contributed by atoms with van der Waals surface area (Å²) in [6.07, 6.45) is 1.54. The van der Waals surface area contributed by atoms with E-state index in [0.29, 0.717) is 18.0 Å². The van der Waals surface area contributed by atoms with Gasteiger partial charge >= 0.3 is 0 Å². The molecule has 10 heteroatoms. The Labute approximate surface area is 147 Å². The molecule has 1 atom stereocenters. The van der Waals surface area contributed by atoms with Gasteiger partial charge in [0.1, 0.15) is 0 Å². The van der Waals surface area contributed by atoms with Crippen LogP contribution in [0.2, 0.25) is 5.02 Å². The molecular weight excluding hydrogens is 376 g/mol. The van der Waals surface area contributed by atoms with Crippen molar-refractivity contribution in [1.29, 1.82) is 0 Å². The molecule has 134 valence electrons. The summed E-state index contributed by atoms with van der Waals surface area (Å²) in [4.78, 5) is 13.6. The highest BCUT2D eigenvalue weighted by Crippen LogP contribution is 2.17. The van der Waals surface area contributed by atoms with Crippen molar-refractivity contribution < 1.29 is 21.6 Å². The van der Waals surface area contributed by atoms with Gasteiger partial charge in [0.25, 0.3) is 0 Å². The molecule has 1 amide bonds. The maximum absolute atomic E-state index is 12.1. The fourth-order valence-electron chi connectivity index (χ4n) is 2.47. The van der Waals surface area contributed by atoms with Crippen LogP contribution >= 0.6 is 11.6 Å². The Morgan fingerprint density at radius 3 is 2.62 bits per heavy atom. The van der Waals surface area contributed by atoms with E-state index in [9.17, 15) is 21.6 Å². The molecule has 1 aromatic carbocycles. The Morgan fingerprint density at radius 1 is 1.33 bits per heavy atom. The third-order valence-electron chi connectivity index (χ3n) is 3.84. The standard InChI is InChI=1S/C14H19ClN2O5S2/c1-23(19,20)13-6-8-17(10-13)14(18)5-7-16-24(21,22)12-4-2-3-11(15)9-12/h2-4,9,13,16H,5-8,10H2,1H3. The van der Waals surface area contributed by atoms with Crippen LogP contribution in [0.4, 0.5) is 0 Å². The monoisotopic (exact) mass is 394 g/mol. The second kappa shape index (κ2) is 7.38. The van der Waals surface area contributed by atoms with Gasteiger partial charge in [-0.25, -0.2) is 21.6 Å². The molecule has 0 radical (unpaired) electrons. The van der Waals surface area contributed by atoms with Crippen LogP contribution in [0.25, 0.3) is 0 Å². The van der Waals surface area contributed by atoms with E-state index in [0.717, 1.165) is 6.26 Å². The van der Waals surface area contributed by atoms with E-state index in [4.69, 9.17) is 11.6 Å². The SMILES string of the molecule is CS(=O)(=O)C1CCN(C(=O)CCNS(=O)(=O)c2cccc(Cl)c2)C1. The summed E-state index contributed by atoms with van der Waals surface area (Å²) in [6.45, 7) is 0.476. The van der Waals surface area contributed by atoms with Crippen molar-refractivity contribution in [3.63, 3.8) is 0 Å². The van der Waals surface area contributed by atoms with Gasteiger partial charge in [0, 0.05) is 37.3 Å². The second-order valence-corrected chi connectivity index (χ2v) is 10.2. The molecule has 0 aromatic heterocycles. The van der Waals surface area contributed by atoms with Gasteiger partial charge in [-0.1, -0.05) is 17.7 Å². The molecule has 1 unspecified atom stereocenters. The molecule has 1 fully saturated rings. The lowest BCUT2D eigenvalue weighted by Gasteiger charge is -2.16. The fraction of sp³-hybridized carbons (Fsp3) is 0.500. The number of carbonyl (C=O) groups excluding carboxylic acids is 1. The van der Waals surface area contributed by atoms with Crippen LogP contribution in [0.1, 0.15) is 12.8 Å². The Bertz CT molecular complexity index is 823. The highest BCUT2D eigenvalue weighted by molar-refractivity contribution is 7.91. The first-order valence-corrected chi connectivity index (χ1v) is 11.1. The predicted octanol–water partition coefficient (Wildman–Crippen LogP) is 0.654. The molecule has 7 nitrogen and oxygen atoms in total. The number of rotatable bonds is 6. The van der Waals surface area contributed by atoms with Gasteiger partial charge in [-0.05, 0) is 24.6 Å². The summed E-state index contributed by atoms with van der Waals surface area (Å²) in [7, 11) is -6.91. The van der Waals surface area contributed by atoms with E-state index in [1.807, 2.05) is 0 Å². The first kappa shape index (κ1) is 19.2. The normalized spacial score (nSPS) is 18.8. The number of likely N-dealkylation sites (tertiary alicyclic amines) is 1. The number of halogens is 1. The number of hydrogen-bond donors (Lipinski definition) is 1. The molecule has 1 aromatic rings. The number of benzene rings is 1. The van der Waals surface area contributed by atoms with Crippen LogP contribution in [0.5, 0.6) is 0 Å². The van der Waals surface area contributed by atoms with Gasteiger partial charge in [0.05, 0.1) is 10.1 Å². The fourth-order valence-corrected chi connectivity index (χ4v) is 4.79. The lowest BCUT2D eigenvalue weighted by atomic mass is 10.4. The topological polar surface area (TPSA) is 101 Å². The summed E-state index contributed by atoms with van der Waals surface area (Å²) in [5.41, 5.74) is 0. The lowest BCUT2D eigenvalue weighted by molar-refractivity contribution is -0.129. The molecule has 0 spiro atoms. The summed E-state index contributed by atoms with van der Waals surface area (Å²) >= 11 is 5.77. The van der Waals surface area contributed by atoms with Gasteiger partial charge in [0.15, 0.2) is 9.84 Å². The van der Waals surface area contributed by atoms with E-state index in [1.165, 1.54) is 23.1 Å². The van der Waals surface area contributed by atoms with Crippen molar-refractivity contribution in [2.45, 2.75) is 23.0 Å². The minimum absolute atomic E-state index is 0.0285. The molecule has 0 bridgehead atoms. The number of hydrogen-bond acceptors (Lipinski definition) is 5. The number of nitrogens with zero attached hydrogens (tertiary/aromatic N) is 1. The maximum Gasteiger partial charge on any atom is 0.240 e. The Hall–Kier alpha value is -1.16. The maximum atomic E-state index is 12.1. The first-order chi connectivity index (χ1) is 11.1. The summed E-state index contributed by atoms with van der Waals surface area (Å²) < 4.78 is 49.5. The van der Waals surface area contributed by atoms with Crippen molar-refractivity contribution in [2.75, 3.05) is 25.9 Å². The molecule has 1 saturated heterocycles. The molecular formula is C14H19ClN2O5S2. The summed E-state index contributed by atoms with van der Waals surface area (Å²) in [5.74, 6) is -0.269. The van der Waals surface area contributed by atoms with Crippen LogP contribution in [0.3, 0.4) is 0 Å². The van der Waals surface area contributed by atoms with E-state index < -0.39 is 25.1 Å². The Kier molecular flexibility index (Phi) is 5.90. The zero-order valence-corrected chi connectivity index (χ0v) is 15.5. The molecule has 0 aliphatic carbocycles. The van der Waals surface area contributed by atoms with Gasteiger partial charge in [-0.15, -0.1) is 0 Å². The molecule has 1 N–H and O–H groups in total. The van der Waals surface area contributed by atoms with Gasteiger partial charge < -0.3 is 4.90 Å². The third-order valence-corrected chi connectivity index (χ3v) is 7.13.